The molecule has 0 spiro atoms. The molecule has 0 rings (SSSR count). The zero-order valence-corrected chi connectivity index (χ0v) is 9.00. The fourth-order valence-electron chi connectivity index (χ4n) is 0.283. The van der Waals surface area contributed by atoms with Gasteiger partial charge in [-0.2, -0.15) is 0 Å². The van der Waals surface area contributed by atoms with Gasteiger partial charge in [-0.25, -0.2) is 0 Å². The molecular formula is C4H6BrFO3P2. The van der Waals surface area contributed by atoms with E-state index in [4.69, 9.17) is 5.11 Å². The Bertz CT molecular complexity index is 221. The first-order chi connectivity index (χ1) is 4.90. The van der Waals surface area contributed by atoms with Crippen LogP contribution in [0.4, 0.5) is 4.20 Å². The van der Waals surface area contributed by atoms with Crippen LogP contribution in [0.2, 0.25) is 0 Å². The van der Waals surface area contributed by atoms with Gasteiger partial charge >= 0.3 is 74.3 Å². The zero-order chi connectivity index (χ0) is 9.07. The van der Waals surface area contributed by atoms with Crippen molar-refractivity contribution in [1.82, 2.24) is 0 Å². The van der Waals surface area contributed by atoms with Crippen molar-refractivity contribution in [3.63, 3.8) is 0 Å². The van der Waals surface area contributed by atoms with Crippen molar-refractivity contribution in [2.24, 2.45) is 0 Å². The molecule has 0 fully saturated rings. The number of hydrogen-bond acceptors (Lipinski definition) is 3. The minimum absolute atomic E-state index is 0.1000. The molecule has 0 aromatic carbocycles. The minimum atomic E-state index is -2.55. The summed E-state index contributed by atoms with van der Waals surface area (Å²) >= 11 is 2.67. The summed E-state index contributed by atoms with van der Waals surface area (Å²) < 4.78 is 14.2. The monoisotopic (exact) mass is 262 g/mol. The van der Waals surface area contributed by atoms with E-state index >= 15 is 0 Å². The molecule has 0 bridgehead atoms. The molecule has 2 unspecified atom stereocenters. The van der Waals surface area contributed by atoms with Crippen LogP contribution in [-0.2, 0) is 9.32 Å². The maximum absolute atomic E-state index is 12.0. The second-order valence-corrected chi connectivity index (χ2v) is 4.61. The first-order valence-electron chi connectivity index (χ1n) is 2.68. The van der Waals surface area contributed by atoms with Gasteiger partial charge in [0.2, 0.25) is 0 Å². The molecule has 0 aromatic rings. The van der Waals surface area contributed by atoms with Crippen LogP contribution in [0.5, 0.6) is 0 Å². The Hall–Kier alpha value is 0.570. The van der Waals surface area contributed by atoms with Crippen molar-refractivity contribution in [3.05, 3.63) is 0 Å². The molecule has 0 heterocycles. The molecule has 0 amide bonds. The first kappa shape index (κ1) is 11.6. The predicted octanol–water partition coefficient (Wildman–Crippen LogP) is 2.63. The summed E-state index contributed by atoms with van der Waals surface area (Å²) in [5, 5.41) is 9.09. The van der Waals surface area contributed by atoms with E-state index in [-0.39, 0.29) is 6.42 Å². The number of halogens is 2. The average Bonchev–Trinajstić information content (AvgIpc) is 1.86. The summed E-state index contributed by atoms with van der Waals surface area (Å²) in [6.07, 6.45) is 0.1000. The van der Waals surface area contributed by atoms with Crippen LogP contribution in [-0.4, -0.2) is 15.6 Å². The van der Waals surface area contributed by atoms with Crippen molar-refractivity contribution in [2.45, 2.75) is 17.9 Å². The quantitative estimate of drug-likeness (QED) is 0.615. The Morgan fingerprint density at radius 3 is 2.73 bits per heavy atom. The Morgan fingerprint density at radius 2 is 2.45 bits per heavy atom. The van der Waals surface area contributed by atoms with Crippen LogP contribution in [0.15, 0.2) is 0 Å². The molecule has 0 radical (unpaired) electrons. The number of rotatable bonds is 2. The Kier molecular flexibility index (Phi) is 4.80. The summed E-state index contributed by atoms with van der Waals surface area (Å²) in [6, 6.07) is 0. The summed E-state index contributed by atoms with van der Waals surface area (Å²) in [6.45, 7) is 1.55. The Balaban J connectivity index is 4.17. The fourth-order valence-corrected chi connectivity index (χ4v) is 0.999. The molecule has 7 heteroatoms. The van der Waals surface area contributed by atoms with Gasteiger partial charge in [0.15, 0.2) is 0 Å². The first-order valence-corrected chi connectivity index (χ1v) is 5.78. The van der Waals surface area contributed by atoms with Crippen LogP contribution in [0, 0.1) is 0 Å². The van der Waals surface area contributed by atoms with Gasteiger partial charge < -0.3 is 0 Å². The third kappa shape index (κ3) is 4.22. The van der Waals surface area contributed by atoms with Crippen LogP contribution in [0.25, 0.3) is 0 Å². The molecule has 64 valence electrons. The molecule has 3 nitrogen and oxygen atoms in total. The van der Waals surface area contributed by atoms with E-state index in [2.05, 4.69) is 28.8 Å². The van der Waals surface area contributed by atoms with E-state index in [1.807, 2.05) is 0 Å². The molecule has 0 aliphatic heterocycles. The second-order valence-electron chi connectivity index (χ2n) is 1.72. The molecule has 0 aromatic heterocycles. The van der Waals surface area contributed by atoms with Crippen LogP contribution < -0.4 is 0 Å². The second kappa shape index (κ2) is 4.56. The van der Waals surface area contributed by atoms with E-state index in [0.717, 1.165) is 0 Å². The topological polar surface area (TPSA) is 46.5 Å². The van der Waals surface area contributed by atoms with Crippen molar-refractivity contribution in [1.29, 1.82) is 0 Å². The molecule has 11 heavy (non-hydrogen) atoms. The third-order valence-electron chi connectivity index (χ3n) is 0.940. The maximum atomic E-state index is 12.0. The van der Waals surface area contributed by atoms with Gasteiger partial charge in [-0.1, -0.05) is 0 Å². The van der Waals surface area contributed by atoms with Crippen molar-refractivity contribution in [3.8, 4) is 0 Å². The van der Waals surface area contributed by atoms with Gasteiger partial charge in [0, 0.05) is 0 Å². The number of carbonyl (C=O) groups excluding carboxylic acids is 1. The molecule has 0 saturated heterocycles. The van der Waals surface area contributed by atoms with Gasteiger partial charge in [-0.05, 0) is 0 Å². The van der Waals surface area contributed by atoms with Gasteiger partial charge in [0.1, 0.15) is 0 Å². The van der Waals surface area contributed by atoms with Gasteiger partial charge in [-0.3, -0.25) is 0 Å². The third-order valence-corrected chi connectivity index (χ3v) is 2.39. The molecule has 2 atom stereocenters. The van der Waals surface area contributed by atoms with E-state index in [1.54, 1.807) is 6.92 Å². The fraction of sp³-hybridized carbons (Fsp3) is 0.750. The molecule has 0 aliphatic carbocycles. The predicted molar refractivity (Wildman–Crippen MR) is 45.2 cm³/mol. The Labute approximate surface area is 74.7 Å². The summed E-state index contributed by atoms with van der Waals surface area (Å²) in [5.74, 6) is -1.05. The number of aliphatic hydroxyl groups is 1. The van der Waals surface area contributed by atoms with Crippen molar-refractivity contribution >= 4 is 37.8 Å². The van der Waals surface area contributed by atoms with Crippen LogP contribution in [0.1, 0.15) is 13.3 Å². The Morgan fingerprint density at radius 1 is 2.00 bits per heavy atom. The summed E-state index contributed by atoms with van der Waals surface area (Å²) in [7, 11) is 0.676. The SMILES string of the molecule is CCC(O)(Br)C(=O)OP(F)#P. The van der Waals surface area contributed by atoms with E-state index < -0.39 is 18.0 Å². The van der Waals surface area contributed by atoms with Gasteiger partial charge in [0.25, 0.3) is 0 Å². The van der Waals surface area contributed by atoms with Crippen LogP contribution >= 0.6 is 31.8 Å². The van der Waals surface area contributed by atoms with Gasteiger partial charge in [0.05, 0.1) is 0 Å². The molecular weight excluding hydrogens is 257 g/mol. The van der Waals surface area contributed by atoms with Crippen molar-refractivity contribution < 1.29 is 18.6 Å². The van der Waals surface area contributed by atoms with Gasteiger partial charge in [-0.15, -0.1) is 0 Å². The van der Waals surface area contributed by atoms with E-state index in [9.17, 15) is 8.99 Å². The summed E-state index contributed by atoms with van der Waals surface area (Å²) in [5.41, 5.74) is 0. The normalized spacial score (nSPS) is 16.8. The summed E-state index contributed by atoms with van der Waals surface area (Å²) in [4.78, 5) is 10.7. The average molecular weight is 263 g/mol. The van der Waals surface area contributed by atoms with E-state index in [1.165, 1.54) is 0 Å². The standard InChI is InChI=1S/C4H6BrFO3P2/c1-2-4(5,8)3(7)9-11(6)10/h8H,2H2,1H3. The zero-order valence-electron chi connectivity index (χ0n) is 5.62. The molecule has 0 saturated carbocycles. The van der Waals surface area contributed by atoms with Crippen LogP contribution in [0.3, 0.4) is 0 Å². The van der Waals surface area contributed by atoms with Crippen molar-refractivity contribution in [2.75, 3.05) is 0 Å². The molecule has 1 N–H and O–H groups in total. The number of alkyl halides is 1. The number of hydrogen-bond donors (Lipinski definition) is 1. The number of carbonyl (C=O) groups is 1. The molecule has 0 aliphatic rings. The van der Waals surface area contributed by atoms with E-state index in [0.29, 0.717) is 0 Å².